The Kier molecular flexibility index (Phi) is 60.4. The van der Waals surface area contributed by atoms with Crippen molar-refractivity contribution >= 4 is 17.9 Å². The van der Waals surface area contributed by atoms with Crippen molar-refractivity contribution in [3.63, 3.8) is 0 Å². The number of ether oxygens (including phenoxy) is 3. The fraction of sp³-hybridized carbons (Fsp3) is 0.648. The Morgan fingerprint density at radius 1 is 0.260 bits per heavy atom. The molecule has 0 aromatic rings. The Bertz CT molecular complexity index is 1650. The molecule has 0 aromatic heterocycles. The second kappa shape index (κ2) is 64.1. The van der Waals surface area contributed by atoms with Gasteiger partial charge in [-0.3, -0.25) is 14.4 Å². The van der Waals surface area contributed by atoms with E-state index in [1.165, 1.54) is 103 Å². The minimum Gasteiger partial charge on any atom is -0.462 e. The molecule has 0 amide bonds. The van der Waals surface area contributed by atoms with E-state index in [0.717, 1.165) is 128 Å². The summed E-state index contributed by atoms with van der Waals surface area (Å²) in [6.07, 6.45) is 90.6. The molecule has 0 N–H and O–H groups in total. The summed E-state index contributed by atoms with van der Waals surface area (Å²) in [5.74, 6) is -1.01. The van der Waals surface area contributed by atoms with Gasteiger partial charge in [0.15, 0.2) is 6.10 Å². The van der Waals surface area contributed by atoms with E-state index in [0.29, 0.717) is 19.3 Å². The molecule has 0 aromatic carbocycles. The molecule has 0 aliphatic carbocycles. The zero-order valence-electron chi connectivity index (χ0n) is 49.9. The van der Waals surface area contributed by atoms with E-state index in [4.69, 9.17) is 14.2 Å². The quantitative estimate of drug-likeness (QED) is 0.0261. The third-order valence-corrected chi connectivity index (χ3v) is 13.1. The van der Waals surface area contributed by atoms with Crippen molar-refractivity contribution in [2.45, 2.75) is 284 Å². The Labute approximate surface area is 475 Å². The molecule has 436 valence electrons. The van der Waals surface area contributed by atoms with Crippen LogP contribution >= 0.6 is 0 Å². The van der Waals surface area contributed by atoms with Gasteiger partial charge in [-0.15, -0.1) is 0 Å². The van der Waals surface area contributed by atoms with Gasteiger partial charge in [-0.1, -0.05) is 276 Å². The summed E-state index contributed by atoms with van der Waals surface area (Å²) in [4.78, 5) is 38.2. The van der Waals surface area contributed by atoms with Gasteiger partial charge in [0.1, 0.15) is 13.2 Å². The smallest absolute Gasteiger partial charge is 0.306 e. The van der Waals surface area contributed by atoms with E-state index in [9.17, 15) is 14.4 Å². The monoisotopic (exact) mass is 1060 g/mol. The van der Waals surface area contributed by atoms with Gasteiger partial charge in [-0.05, 0) is 116 Å². The highest BCUT2D eigenvalue weighted by Gasteiger charge is 2.19. The number of unbranched alkanes of at least 4 members (excludes halogenated alkanes) is 23. The van der Waals surface area contributed by atoms with E-state index >= 15 is 0 Å². The van der Waals surface area contributed by atoms with Crippen LogP contribution in [0.15, 0.2) is 134 Å². The highest BCUT2D eigenvalue weighted by Crippen LogP contribution is 2.16. The number of carbonyl (C=O) groups excluding carboxylic acids is 3. The van der Waals surface area contributed by atoms with E-state index in [2.05, 4.69) is 148 Å². The van der Waals surface area contributed by atoms with E-state index in [1.54, 1.807) is 0 Å². The molecule has 0 saturated carbocycles. The largest absolute Gasteiger partial charge is 0.462 e. The molecule has 77 heavy (non-hydrogen) atoms. The van der Waals surface area contributed by atoms with Gasteiger partial charge < -0.3 is 14.2 Å². The van der Waals surface area contributed by atoms with Crippen molar-refractivity contribution in [3.05, 3.63) is 134 Å². The second-order valence-corrected chi connectivity index (χ2v) is 20.5. The number of esters is 3. The van der Waals surface area contributed by atoms with Gasteiger partial charge >= 0.3 is 17.9 Å². The molecule has 0 bridgehead atoms. The summed E-state index contributed by atoms with van der Waals surface area (Å²) in [6, 6.07) is 0. The lowest BCUT2D eigenvalue weighted by Gasteiger charge is -2.18. The van der Waals surface area contributed by atoms with Crippen LogP contribution in [0.4, 0.5) is 0 Å². The molecule has 0 rings (SSSR count). The lowest BCUT2D eigenvalue weighted by atomic mass is 10.0. The summed E-state index contributed by atoms with van der Waals surface area (Å²) in [7, 11) is 0. The van der Waals surface area contributed by atoms with Gasteiger partial charge in [0.25, 0.3) is 0 Å². The molecule has 0 aliphatic heterocycles. The lowest BCUT2D eigenvalue weighted by Crippen LogP contribution is -2.30. The van der Waals surface area contributed by atoms with Crippen molar-refractivity contribution in [2.75, 3.05) is 13.2 Å². The van der Waals surface area contributed by atoms with Gasteiger partial charge in [0.05, 0.1) is 0 Å². The lowest BCUT2D eigenvalue weighted by molar-refractivity contribution is -0.166. The molecule has 0 saturated heterocycles. The molecule has 1 atom stereocenters. The van der Waals surface area contributed by atoms with Gasteiger partial charge in [0.2, 0.25) is 0 Å². The van der Waals surface area contributed by atoms with Crippen LogP contribution < -0.4 is 0 Å². The maximum absolute atomic E-state index is 12.9. The van der Waals surface area contributed by atoms with E-state index in [1.807, 2.05) is 6.08 Å². The number of carbonyl (C=O) groups is 3. The average Bonchev–Trinajstić information content (AvgIpc) is 3.43. The Morgan fingerprint density at radius 3 is 0.805 bits per heavy atom. The first-order valence-corrected chi connectivity index (χ1v) is 31.7. The Morgan fingerprint density at radius 2 is 0.494 bits per heavy atom. The van der Waals surface area contributed by atoms with Gasteiger partial charge in [-0.2, -0.15) is 0 Å². The second-order valence-electron chi connectivity index (χ2n) is 20.5. The summed E-state index contributed by atoms with van der Waals surface area (Å²) in [5, 5.41) is 0. The zero-order chi connectivity index (χ0) is 55.7. The average molecular weight is 1070 g/mol. The first-order chi connectivity index (χ1) is 38.0. The summed E-state index contributed by atoms with van der Waals surface area (Å²) in [6.45, 7) is 6.23. The van der Waals surface area contributed by atoms with Crippen molar-refractivity contribution in [3.8, 4) is 0 Å². The fourth-order valence-electron chi connectivity index (χ4n) is 8.52. The number of hydrogen-bond donors (Lipinski definition) is 0. The van der Waals surface area contributed by atoms with E-state index < -0.39 is 6.10 Å². The zero-order valence-corrected chi connectivity index (χ0v) is 49.9. The van der Waals surface area contributed by atoms with Crippen LogP contribution in [-0.2, 0) is 28.6 Å². The molecule has 6 heteroatoms. The maximum Gasteiger partial charge on any atom is 0.306 e. The molecule has 0 fully saturated rings. The molecule has 0 aliphatic rings. The highest BCUT2D eigenvalue weighted by atomic mass is 16.6. The number of rotatable bonds is 56. The first kappa shape index (κ1) is 72.5. The predicted octanol–water partition coefficient (Wildman–Crippen LogP) is 21.8. The van der Waals surface area contributed by atoms with Crippen LogP contribution in [-0.4, -0.2) is 37.2 Å². The Balaban J connectivity index is 4.24. The van der Waals surface area contributed by atoms with E-state index in [-0.39, 0.29) is 37.5 Å². The molecule has 1 unspecified atom stereocenters. The molecular weight excluding hydrogens is 949 g/mol. The summed E-state index contributed by atoms with van der Waals surface area (Å²) >= 11 is 0. The summed E-state index contributed by atoms with van der Waals surface area (Å²) in [5.41, 5.74) is 0. The van der Waals surface area contributed by atoms with Crippen LogP contribution in [0.25, 0.3) is 0 Å². The maximum atomic E-state index is 12.9. The van der Waals surface area contributed by atoms with Gasteiger partial charge in [0, 0.05) is 19.3 Å². The van der Waals surface area contributed by atoms with Crippen molar-refractivity contribution < 1.29 is 28.6 Å². The third-order valence-electron chi connectivity index (χ3n) is 13.1. The third kappa shape index (κ3) is 62.3. The SMILES string of the molecule is CC/C=C\C/C=C\C/C=C\C/C=C\CCCCCCCCCCCCCCCCCCCCC(=O)OCC(COC(=O)CC/C=C\C/C=C\C/C=C\C/C=C\CC)OC(=O)CCCCCCC/C=C\C/C=C\C/C=C\CC. The minimum absolute atomic E-state index is 0.109. The van der Waals surface area contributed by atoms with Crippen molar-refractivity contribution in [1.82, 2.24) is 0 Å². The molecule has 0 radical (unpaired) electrons. The molecule has 0 heterocycles. The minimum atomic E-state index is -0.819. The molecule has 0 spiro atoms. The van der Waals surface area contributed by atoms with Crippen LogP contribution in [0.2, 0.25) is 0 Å². The van der Waals surface area contributed by atoms with Crippen LogP contribution in [0.3, 0.4) is 0 Å². The first-order valence-electron chi connectivity index (χ1n) is 31.7. The fourth-order valence-corrected chi connectivity index (χ4v) is 8.52. The van der Waals surface area contributed by atoms with Crippen LogP contribution in [0.5, 0.6) is 0 Å². The topological polar surface area (TPSA) is 78.9 Å². The van der Waals surface area contributed by atoms with Gasteiger partial charge in [-0.25, -0.2) is 0 Å². The van der Waals surface area contributed by atoms with Crippen LogP contribution in [0, 0.1) is 0 Å². The van der Waals surface area contributed by atoms with Crippen LogP contribution in [0.1, 0.15) is 278 Å². The summed E-state index contributed by atoms with van der Waals surface area (Å²) < 4.78 is 16.8. The standard InChI is InChI=1S/C71H116O6/c1-4-7-10-13-16-19-22-25-27-28-29-30-31-32-33-34-35-36-37-38-39-40-41-42-44-46-49-52-55-58-61-64-70(73)76-67-68(66-75-69(72)63-60-57-54-51-48-45-24-21-18-15-12-9-6-3)77-71(74)65-62-59-56-53-50-47-43-26-23-20-17-14-11-8-5-2/h7-12,16-21,25-27,29-30,43,45,48,54,57,68H,4-6,13-15,22-24,28,31-42,44,46-47,49-53,55-56,58-67H2,1-3H3/b10-7-,11-8-,12-9-,19-16-,20-17-,21-18-,27-25-,30-29-,43-26-,48-45-,57-54-. The number of allylic oxidation sites excluding steroid dienone is 22. The Hall–Kier alpha value is -4.45. The highest BCUT2D eigenvalue weighted by molar-refractivity contribution is 5.71. The molecule has 6 nitrogen and oxygen atoms in total. The number of hydrogen-bond acceptors (Lipinski definition) is 6. The normalized spacial score (nSPS) is 13.0. The van der Waals surface area contributed by atoms with Crippen molar-refractivity contribution in [1.29, 1.82) is 0 Å². The molecular formula is C71H116O6. The predicted molar refractivity (Wildman–Crippen MR) is 334 cm³/mol. The van der Waals surface area contributed by atoms with Crippen molar-refractivity contribution in [2.24, 2.45) is 0 Å².